The molecule has 2 saturated heterocycles. The van der Waals surface area contributed by atoms with Gasteiger partial charge in [-0.2, -0.15) is 4.98 Å². The molecule has 0 amide bonds. The lowest BCUT2D eigenvalue weighted by atomic mass is 10.2. The zero-order valence-electron chi connectivity index (χ0n) is 10.9. The van der Waals surface area contributed by atoms with Crippen molar-refractivity contribution in [3.8, 4) is 5.88 Å². The maximum absolute atomic E-state index is 5.44. The SMILES string of the molecule is CCOc1ccnc(N2CCN3CCCC3C2)n1. The molecule has 0 aromatic carbocycles. The van der Waals surface area contributed by atoms with E-state index in [0.717, 1.165) is 25.6 Å². The first-order valence-electron chi connectivity index (χ1n) is 6.81. The lowest BCUT2D eigenvalue weighted by Gasteiger charge is -2.37. The zero-order chi connectivity index (χ0) is 12.4. The average molecular weight is 248 g/mol. The predicted molar refractivity (Wildman–Crippen MR) is 70.0 cm³/mol. The van der Waals surface area contributed by atoms with Crippen molar-refractivity contribution in [2.45, 2.75) is 25.8 Å². The summed E-state index contributed by atoms with van der Waals surface area (Å²) in [5.41, 5.74) is 0. The van der Waals surface area contributed by atoms with Crippen LogP contribution in [0.25, 0.3) is 0 Å². The summed E-state index contributed by atoms with van der Waals surface area (Å²) in [4.78, 5) is 13.7. The molecule has 1 unspecified atom stereocenters. The fourth-order valence-electron chi connectivity index (χ4n) is 2.89. The van der Waals surface area contributed by atoms with Crippen molar-refractivity contribution in [1.82, 2.24) is 14.9 Å². The van der Waals surface area contributed by atoms with Gasteiger partial charge in [0, 0.05) is 37.9 Å². The highest BCUT2D eigenvalue weighted by Gasteiger charge is 2.31. The van der Waals surface area contributed by atoms with Crippen LogP contribution in [-0.2, 0) is 0 Å². The molecule has 0 N–H and O–H groups in total. The second kappa shape index (κ2) is 5.10. The van der Waals surface area contributed by atoms with E-state index in [1.54, 1.807) is 6.20 Å². The molecule has 5 nitrogen and oxygen atoms in total. The van der Waals surface area contributed by atoms with E-state index < -0.39 is 0 Å². The summed E-state index contributed by atoms with van der Waals surface area (Å²) in [5, 5.41) is 0. The quantitative estimate of drug-likeness (QED) is 0.803. The third-order valence-corrected chi connectivity index (χ3v) is 3.78. The molecule has 2 aliphatic heterocycles. The molecule has 0 spiro atoms. The Hall–Kier alpha value is -1.36. The second-order valence-corrected chi connectivity index (χ2v) is 4.91. The molecule has 0 bridgehead atoms. The van der Waals surface area contributed by atoms with Gasteiger partial charge in [0.15, 0.2) is 0 Å². The molecule has 5 heteroatoms. The van der Waals surface area contributed by atoms with Crippen molar-refractivity contribution in [2.24, 2.45) is 0 Å². The van der Waals surface area contributed by atoms with Crippen LogP contribution in [0, 0.1) is 0 Å². The Labute approximate surface area is 108 Å². The van der Waals surface area contributed by atoms with E-state index in [0.29, 0.717) is 18.5 Å². The van der Waals surface area contributed by atoms with Gasteiger partial charge in [0.2, 0.25) is 11.8 Å². The van der Waals surface area contributed by atoms with Gasteiger partial charge >= 0.3 is 0 Å². The smallest absolute Gasteiger partial charge is 0.228 e. The third-order valence-electron chi connectivity index (χ3n) is 3.78. The summed E-state index contributed by atoms with van der Waals surface area (Å²) in [6.45, 7) is 7.08. The van der Waals surface area contributed by atoms with Gasteiger partial charge in [-0.3, -0.25) is 4.90 Å². The van der Waals surface area contributed by atoms with Crippen molar-refractivity contribution in [3.05, 3.63) is 12.3 Å². The number of aromatic nitrogens is 2. The fraction of sp³-hybridized carbons (Fsp3) is 0.692. The molecule has 0 saturated carbocycles. The van der Waals surface area contributed by atoms with Gasteiger partial charge in [-0.1, -0.05) is 0 Å². The number of piperazine rings is 1. The Balaban J connectivity index is 1.72. The van der Waals surface area contributed by atoms with Crippen molar-refractivity contribution >= 4 is 5.95 Å². The number of rotatable bonds is 3. The Morgan fingerprint density at radius 3 is 3.22 bits per heavy atom. The second-order valence-electron chi connectivity index (χ2n) is 4.91. The van der Waals surface area contributed by atoms with Gasteiger partial charge in [-0.15, -0.1) is 0 Å². The maximum Gasteiger partial charge on any atom is 0.228 e. The standard InChI is InChI=1S/C13H20N4O/c1-2-18-12-5-6-14-13(15-12)17-9-8-16-7-3-4-11(16)10-17/h5-6,11H,2-4,7-10H2,1H3. The molecular weight excluding hydrogens is 228 g/mol. The molecule has 3 heterocycles. The highest BCUT2D eigenvalue weighted by molar-refractivity contribution is 5.33. The minimum atomic E-state index is 0.646. The molecular formula is C13H20N4O. The van der Waals surface area contributed by atoms with Crippen molar-refractivity contribution in [3.63, 3.8) is 0 Å². The molecule has 1 aromatic rings. The maximum atomic E-state index is 5.44. The summed E-state index contributed by atoms with van der Waals surface area (Å²) in [5.74, 6) is 1.49. The number of ether oxygens (including phenoxy) is 1. The van der Waals surface area contributed by atoms with Crippen molar-refractivity contribution < 1.29 is 4.74 Å². The molecule has 0 radical (unpaired) electrons. The van der Waals surface area contributed by atoms with E-state index in [1.807, 2.05) is 13.0 Å². The molecule has 18 heavy (non-hydrogen) atoms. The molecule has 98 valence electrons. The number of hydrogen-bond acceptors (Lipinski definition) is 5. The van der Waals surface area contributed by atoms with E-state index in [1.165, 1.54) is 19.4 Å². The molecule has 2 fully saturated rings. The van der Waals surface area contributed by atoms with Gasteiger partial charge in [-0.25, -0.2) is 4.98 Å². The number of fused-ring (bicyclic) bond motifs is 1. The molecule has 2 aliphatic rings. The van der Waals surface area contributed by atoms with Crippen molar-refractivity contribution in [2.75, 3.05) is 37.7 Å². The molecule has 1 atom stereocenters. The van der Waals surface area contributed by atoms with Crippen molar-refractivity contribution in [1.29, 1.82) is 0 Å². The first-order chi connectivity index (χ1) is 8.86. The molecule has 1 aromatic heterocycles. The van der Waals surface area contributed by atoms with E-state index in [2.05, 4.69) is 19.8 Å². The van der Waals surface area contributed by atoms with Gasteiger partial charge in [-0.05, 0) is 26.3 Å². The van der Waals surface area contributed by atoms with Gasteiger partial charge in [0.1, 0.15) is 0 Å². The normalized spacial score (nSPS) is 24.1. The minimum Gasteiger partial charge on any atom is -0.478 e. The predicted octanol–water partition coefficient (Wildman–Crippen LogP) is 1.16. The third kappa shape index (κ3) is 2.27. The average Bonchev–Trinajstić information content (AvgIpc) is 2.86. The van der Waals surface area contributed by atoms with Gasteiger partial charge in [0.05, 0.1) is 6.61 Å². The van der Waals surface area contributed by atoms with E-state index in [9.17, 15) is 0 Å². The van der Waals surface area contributed by atoms with E-state index >= 15 is 0 Å². The highest BCUT2D eigenvalue weighted by Crippen LogP contribution is 2.24. The van der Waals surface area contributed by atoms with Crippen LogP contribution in [0.3, 0.4) is 0 Å². The van der Waals surface area contributed by atoms with Crippen LogP contribution < -0.4 is 9.64 Å². The fourth-order valence-corrected chi connectivity index (χ4v) is 2.89. The molecule has 3 rings (SSSR count). The summed E-state index contributed by atoms with van der Waals surface area (Å²) >= 11 is 0. The van der Waals surface area contributed by atoms with E-state index in [4.69, 9.17) is 4.74 Å². The monoisotopic (exact) mass is 248 g/mol. The van der Waals surface area contributed by atoms with Crippen LogP contribution in [0.15, 0.2) is 12.3 Å². The number of hydrogen-bond donors (Lipinski definition) is 0. The Kier molecular flexibility index (Phi) is 3.32. The first-order valence-corrected chi connectivity index (χ1v) is 6.81. The summed E-state index contributed by atoms with van der Waals surface area (Å²) < 4.78 is 5.44. The topological polar surface area (TPSA) is 41.5 Å². The lowest BCUT2D eigenvalue weighted by molar-refractivity contribution is 0.229. The lowest BCUT2D eigenvalue weighted by Crippen LogP contribution is -2.50. The largest absolute Gasteiger partial charge is 0.478 e. The van der Waals surface area contributed by atoms with Crippen LogP contribution in [-0.4, -0.2) is 53.7 Å². The van der Waals surface area contributed by atoms with Gasteiger partial charge in [0.25, 0.3) is 0 Å². The molecule has 0 aliphatic carbocycles. The Bertz CT molecular complexity index is 412. The first kappa shape index (κ1) is 11.7. The van der Waals surface area contributed by atoms with Crippen LogP contribution in [0.5, 0.6) is 5.88 Å². The van der Waals surface area contributed by atoms with Crippen LogP contribution >= 0.6 is 0 Å². The zero-order valence-corrected chi connectivity index (χ0v) is 10.9. The highest BCUT2D eigenvalue weighted by atomic mass is 16.5. The minimum absolute atomic E-state index is 0.646. The van der Waals surface area contributed by atoms with E-state index in [-0.39, 0.29) is 0 Å². The van der Waals surface area contributed by atoms with Crippen LogP contribution in [0.2, 0.25) is 0 Å². The summed E-state index contributed by atoms with van der Waals surface area (Å²) in [7, 11) is 0. The summed E-state index contributed by atoms with van der Waals surface area (Å²) in [6.07, 6.45) is 4.42. The summed E-state index contributed by atoms with van der Waals surface area (Å²) in [6, 6.07) is 2.51. The Morgan fingerprint density at radius 1 is 1.39 bits per heavy atom. The van der Waals surface area contributed by atoms with Crippen LogP contribution in [0.4, 0.5) is 5.95 Å². The Morgan fingerprint density at radius 2 is 2.33 bits per heavy atom. The number of anilines is 1. The van der Waals surface area contributed by atoms with Gasteiger partial charge < -0.3 is 9.64 Å². The number of nitrogens with zero attached hydrogens (tertiary/aromatic N) is 4. The van der Waals surface area contributed by atoms with Crippen LogP contribution in [0.1, 0.15) is 19.8 Å².